The predicted octanol–water partition coefficient (Wildman–Crippen LogP) is 3.20. The SMILES string of the molecule is CC(C)(C)c1cncc(OC[C@@H](N)CNc2ccccc2)c1. The van der Waals surface area contributed by atoms with E-state index in [1.807, 2.05) is 42.6 Å². The molecule has 118 valence electrons. The van der Waals surface area contributed by atoms with Crippen molar-refractivity contribution in [1.82, 2.24) is 4.98 Å². The molecule has 1 heterocycles. The highest BCUT2D eigenvalue weighted by atomic mass is 16.5. The summed E-state index contributed by atoms with van der Waals surface area (Å²) in [5, 5.41) is 3.30. The third-order valence-electron chi connectivity index (χ3n) is 3.39. The summed E-state index contributed by atoms with van der Waals surface area (Å²) in [7, 11) is 0. The van der Waals surface area contributed by atoms with Gasteiger partial charge in [0, 0.05) is 18.4 Å². The molecular weight excluding hydrogens is 274 g/mol. The summed E-state index contributed by atoms with van der Waals surface area (Å²) in [6.45, 7) is 7.58. The monoisotopic (exact) mass is 299 g/mol. The van der Waals surface area contributed by atoms with Gasteiger partial charge in [0.05, 0.1) is 12.2 Å². The standard InChI is InChI=1S/C18H25N3O/c1-18(2,3)14-9-17(12-20-10-14)22-13-15(19)11-21-16-7-5-4-6-8-16/h4-10,12,15,21H,11,13,19H2,1-3H3/t15-/m0/s1. The fourth-order valence-corrected chi connectivity index (χ4v) is 1.98. The van der Waals surface area contributed by atoms with E-state index in [2.05, 4.69) is 31.1 Å². The molecule has 0 saturated carbocycles. The number of para-hydroxylation sites is 1. The lowest BCUT2D eigenvalue weighted by Gasteiger charge is -2.20. The molecule has 0 unspecified atom stereocenters. The van der Waals surface area contributed by atoms with Gasteiger partial charge < -0.3 is 15.8 Å². The normalized spacial score (nSPS) is 12.7. The number of pyridine rings is 1. The van der Waals surface area contributed by atoms with Crippen LogP contribution in [0.4, 0.5) is 5.69 Å². The average Bonchev–Trinajstić information content (AvgIpc) is 2.51. The van der Waals surface area contributed by atoms with Crippen LogP contribution in [0.15, 0.2) is 48.8 Å². The molecule has 3 N–H and O–H groups in total. The van der Waals surface area contributed by atoms with Gasteiger partial charge in [-0.1, -0.05) is 39.0 Å². The largest absolute Gasteiger partial charge is 0.490 e. The molecule has 0 radical (unpaired) electrons. The van der Waals surface area contributed by atoms with Crippen molar-refractivity contribution in [2.24, 2.45) is 5.73 Å². The third-order valence-corrected chi connectivity index (χ3v) is 3.39. The van der Waals surface area contributed by atoms with E-state index in [9.17, 15) is 0 Å². The van der Waals surface area contributed by atoms with E-state index in [1.54, 1.807) is 6.20 Å². The Bertz CT molecular complexity index is 578. The summed E-state index contributed by atoms with van der Waals surface area (Å²) in [5.74, 6) is 0.766. The zero-order chi connectivity index (χ0) is 16.0. The van der Waals surface area contributed by atoms with Crippen LogP contribution >= 0.6 is 0 Å². The van der Waals surface area contributed by atoms with Crippen LogP contribution in [0.1, 0.15) is 26.3 Å². The number of anilines is 1. The Morgan fingerprint density at radius 3 is 2.59 bits per heavy atom. The second-order valence-electron chi connectivity index (χ2n) is 6.48. The number of nitrogens with two attached hydrogens (primary N) is 1. The molecule has 2 rings (SSSR count). The summed E-state index contributed by atoms with van der Waals surface area (Å²) in [5.41, 5.74) is 8.36. The fraction of sp³-hybridized carbons (Fsp3) is 0.389. The van der Waals surface area contributed by atoms with Crippen molar-refractivity contribution in [3.05, 3.63) is 54.4 Å². The Morgan fingerprint density at radius 1 is 1.18 bits per heavy atom. The van der Waals surface area contributed by atoms with Crippen molar-refractivity contribution < 1.29 is 4.74 Å². The average molecular weight is 299 g/mol. The van der Waals surface area contributed by atoms with Crippen molar-refractivity contribution in [2.45, 2.75) is 32.2 Å². The van der Waals surface area contributed by atoms with Gasteiger partial charge >= 0.3 is 0 Å². The number of nitrogens with zero attached hydrogens (tertiary/aromatic N) is 1. The number of hydrogen-bond donors (Lipinski definition) is 2. The second-order valence-corrected chi connectivity index (χ2v) is 6.48. The van der Waals surface area contributed by atoms with Gasteiger partial charge in [0.15, 0.2) is 0 Å². The number of hydrogen-bond acceptors (Lipinski definition) is 4. The second kappa shape index (κ2) is 7.27. The van der Waals surface area contributed by atoms with Gasteiger partial charge in [0.2, 0.25) is 0 Å². The fourth-order valence-electron chi connectivity index (χ4n) is 1.98. The van der Waals surface area contributed by atoms with E-state index in [-0.39, 0.29) is 11.5 Å². The first-order chi connectivity index (χ1) is 10.4. The van der Waals surface area contributed by atoms with E-state index < -0.39 is 0 Å². The van der Waals surface area contributed by atoms with Crippen LogP contribution in [0.3, 0.4) is 0 Å². The molecule has 4 nitrogen and oxygen atoms in total. The van der Waals surface area contributed by atoms with Gasteiger partial charge in [-0.15, -0.1) is 0 Å². The maximum atomic E-state index is 6.09. The van der Waals surface area contributed by atoms with Gasteiger partial charge in [-0.05, 0) is 29.2 Å². The molecule has 1 aromatic carbocycles. The summed E-state index contributed by atoms with van der Waals surface area (Å²) < 4.78 is 5.76. The molecule has 0 saturated heterocycles. The van der Waals surface area contributed by atoms with E-state index in [0.29, 0.717) is 13.2 Å². The summed E-state index contributed by atoms with van der Waals surface area (Å²) in [4.78, 5) is 4.24. The Labute approximate surface area is 132 Å². The number of ether oxygens (including phenoxy) is 1. The van der Waals surface area contributed by atoms with E-state index in [1.165, 1.54) is 0 Å². The van der Waals surface area contributed by atoms with Crippen LogP contribution in [0.5, 0.6) is 5.75 Å². The van der Waals surface area contributed by atoms with Gasteiger partial charge in [0.1, 0.15) is 12.4 Å². The molecule has 1 atom stereocenters. The molecule has 0 amide bonds. The molecule has 0 bridgehead atoms. The zero-order valence-corrected chi connectivity index (χ0v) is 13.5. The van der Waals surface area contributed by atoms with Gasteiger partial charge in [-0.25, -0.2) is 0 Å². The first-order valence-electron chi connectivity index (χ1n) is 7.58. The lowest BCUT2D eigenvalue weighted by atomic mass is 9.88. The summed E-state index contributed by atoms with van der Waals surface area (Å²) in [6.07, 6.45) is 3.61. The predicted molar refractivity (Wildman–Crippen MR) is 91.3 cm³/mol. The molecule has 0 aliphatic carbocycles. The van der Waals surface area contributed by atoms with Crippen LogP contribution in [0.2, 0.25) is 0 Å². The van der Waals surface area contributed by atoms with E-state index in [0.717, 1.165) is 17.0 Å². The Balaban J connectivity index is 1.82. The van der Waals surface area contributed by atoms with Crippen molar-refractivity contribution in [3.8, 4) is 5.75 Å². The van der Waals surface area contributed by atoms with Crippen molar-refractivity contribution in [1.29, 1.82) is 0 Å². The number of nitrogens with one attached hydrogen (secondary N) is 1. The van der Waals surface area contributed by atoms with E-state index >= 15 is 0 Å². The van der Waals surface area contributed by atoms with Crippen molar-refractivity contribution in [3.63, 3.8) is 0 Å². The minimum absolute atomic E-state index is 0.0589. The Kier molecular flexibility index (Phi) is 5.39. The van der Waals surface area contributed by atoms with Gasteiger partial charge in [-0.3, -0.25) is 4.98 Å². The molecule has 0 spiro atoms. The highest BCUT2D eigenvalue weighted by Gasteiger charge is 2.15. The minimum Gasteiger partial charge on any atom is -0.490 e. The molecular formula is C18H25N3O. The topological polar surface area (TPSA) is 60.2 Å². The zero-order valence-electron chi connectivity index (χ0n) is 13.5. The molecule has 22 heavy (non-hydrogen) atoms. The molecule has 1 aromatic heterocycles. The molecule has 0 aliphatic rings. The van der Waals surface area contributed by atoms with Crippen LogP contribution in [-0.4, -0.2) is 24.2 Å². The van der Waals surface area contributed by atoms with Crippen LogP contribution in [0, 0.1) is 0 Å². The van der Waals surface area contributed by atoms with Crippen LogP contribution < -0.4 is 15.8 Å². The molecule has 0 fully saturated rings. The van der Waals surface area contributed by atoms with Crippen LogP contribution in [0.25, 0.3) is 0 Å². The molecule has 0 aliphatic heterocycles. The third kappa shape index (κ3) is 5.04. The summed E-state index contributed by atoms with van der Waals surface area (Å²) >= 11 is 0. The maximum Gasteiger partial charge on any atom is 0.137 e. The number of rotatable bonds is 6. The minimum atomic E-state index is -0.0847. The maximum absolute atomic E-state index is 6.09. The van der Waals surface area contributed by atoms with E-state index in [4.69, 9.17) is 10.5 Å². The Morgan fingerprint density at radius 2 is 1.91 bits per heavy atom. The molecule has 2 aromatic rings. The summed E-state index contributed by atoms with van der Waals surface area (Å²) in [6, 6.07) is 12.0. The van der Waals surface area contributed by atoms with Crippen molar-refractivity contribution in [2.75, 3.05) is 18.5 Å². The van der Waals surface area contributed by atoms with Crippen molar-refractivity contribution >= 4 is 5.69 Å². The molecule has 4 heteroatoms. The van der Waals surface area contributed by atoms with Gasteiger partial charge in [-0.2, -0.15) is 0 Å². The Hall–Kier alpha value is -2.07. The van der Waals surface area contributed by atoms with Crippen LogP contribution in [-0.2, 0) is 5.41 Å². The first-order valence-corrected chi connectivity index (χ1v) is 7.58. The van der Waals surface area contributed by atoms with Gasteiger partial charge in [0.25, 0.3) is 0 Å². The highest BCUT2D eigenvalue weighted by molar-refractivity contribution is 5.42. The number of aromatic nitrogens is 1. The lowest BCUT2D eigenvalue weighted by Crippen LogP contribution is -2.35. The highest BCUT2D eigenvalue weighted by Crippen LogP contribution is 2.24. The lowest BCUT2D eigenvalue weighted by molar-refractivity contribution is 0.291. The first kappa shape index (κ1) is 16.3. The smallest absolute Gasteiger partial charge is 0.137 e. The quantitative estimate of drug-likeness (QED) is 0.860. The number of benzene rings is 1.